The van der Waals surface area contributed by atoms with E-state index >= 15 is 0 Å². The van der Waals surface area contributed by atoms with Gasteiger partial charge >= 0.3 is 0 Å². The predicted octanol–water partition coefficient (Wildman–Crippen LogP) is 4.19. The molecular formula is C21H22N2O2. The number of hydrogen-bond donors (Lipinski definition) is 1. The van der Waals surface area contributed by atoms with Crippen molar-refractivity contribution in [1.82, 2.24) is 10.3 Å². The molecule has 0 spiro atoms. The number of amides is 1. The van der Waals surface area contributed by atoms with Crippen molar-refractivity contribution >= 4 is 5.91 Å². The second-order valence-electron chi connectivity index (χ2n) is 6.01. The number of nitrogens with zero attached hydrogens (tertiary/aromatic N) is 1. The fourth-order valence-electron chi connectivity index (χ4n) is 2.79. The first-order valence-electron chi connectivity index (χ1n) is 8.57. The molecule has 1 N–H and O–H groups in total. The molecule has 3 rings (SSSR count). The molecule has 3 aromatic rings. The van der Waals surface area contributed by atoms with Crippen LogP contribution in [0.5, 0.6) is 0 Å². The molecule has 0 fully saturated rings. The van der Waals surface area contributed by atoms with Gasteiger partial charge in [-0.2, -0.15) is 0 Å². The lowest BCUT2D eigenvalue weighted by atomic mass is 9.96. The van der Waals surface area contributed by atoms with Gasteiger partial charge < -0.3 is 9.73 Å². The van der Waals surface area contributed by atoms with Crippen LogP contribution in [0.4, 0.5) is 0 Å². The number of hydrogen-bond acceptors (Lipinski definition) is 3. The second-order valence-corrected chi connectivity index (χ2v) is 6.01. The molecular weight excluding hydrogens is 312 g/mol. The van der Waals surface area contributed by atoms with E-state index in [0.717, 1.165) is 12.0 Å². The van der Waals surface area contributed by atoms with Crippen molar-refractivity contribution in [3.05, 3.63) is 78.2 Å². The average Bonchev–Trinajstić information content (AvgIpc) is 3.12. The third-order valence-corrected chi connectivity index (χ3v) is 4.22. The van der Waals surface area contributed by atoms with Gasteiger partial charge in [-0.25, -0.2) is 4.98 Å². The van der Waals surface area contributed by atoms with Crippen molar-refractivity contribution < 1.29 is 9.21 Å². The highest BCUT2D eigenvalue weighted by Crippen LogP contribution is 2.19. The van der Waals surface area contributed by atoms with Gasteiger partial charge in [0.05, 0.1) is 12.1 Å². The van der Waals surface area contributed by atoms with Crippen molar-refractivity contribution in [2.45, 2.75) is 25.7 Å². The van der Waals surface area contributed by atoms with Gasteiger partial charge in [-0.15, -0.1) is 0 Å². The molecule has 0 saturated carbocycles. The SMILES string of the molecule is CCC(CNC(=O)Cc1coc(-c2ccccc2)n1)c1ccccc1. The van der Waals surface area contributed by atoms with Gasteiger partial charge in [-0.3, -0.25) is 4.79 Å². The highest BCUT2D eigenvalue weighted by atomic mass is 16.3. The summed E-state index contributed by atoms with van der Waals surface area (Å²) in [5.74, 6) is 0.823. The van der Waals surface area contributed by atoms with Gasteiger partial charge in [0.15, 0.2) is 0 Å². The summed E-state index contributed by atoms with van der Waals surface area (Å²) >= 11 is 0. The van der Waals surface area contributed by atoms with Gasteiger partial charge in [-0.05, 0) is 24.1 Å². The average molecular weight is 334 g/mol. The number of benzene rings is 2. The minimum Gasteiger partial charge on any atom is -0.444 e. The number of aromatic nitrogens is 1. The van der Waals surface area contributed by atoms with Crippen LogP contribution in [0.25, 0.3) is 11.5 Å². The van der Waals surface area contributed by atoms with E-state index in [1.54, 1.807) is 6.26 Å². The van der Waals surface area contributed by atoms with E-state index in [1.807, 2.05) is 48.5 Å². The van der Waals surface area contributed by atoms with Crippen LogP contribution in [0.15, 0.2) is 71.3 Å². The van der Waals surface area contributed by atoms with Crippen LogP contribution in [-0.2, 0) is 11.2 Å². The standard InChI is InChI=1S/C21H22N2O2/c1-2-16(17-9-5-3-6-10-17)14-22-20(24)13-19-15-25-21(23-19)18-11-7-4-8-12-18/h3-12,15-16H,2,13-14H2,1H3,(H,22,24). The van der Waals surface area contributed by atoms with Crippen LogP contribution in [0.3, 0.4) is 0 Å². The van der Waals surface area contributed by atoms with E-state index in [-0.39, 0.29) is 12.3 Å². The minimum absolute atomic E-state index is 0.0395. The highest BCUT2D eigenvalue weighted by molar-refractivity contribution is 5.78. The maximum absolute atomic E-state index is 12.2. The molecule has 4 heteroatoms. The maximum Gasteiger partial charge on any atom is 0.226 e. The van der Waals surface area contributed by atoms with Gasteiger partial charge in [0, 0.05) is 18.0 Å². The molecule has 4 nitrogen and oxygen atoms in total. The summed E-state index contributed by atoms with van der Waals surface area (Å²) in [7, 11) is 0. The van der Waals surface area contributed by atoms with E-state index in [4.69, 9.17) is 4.42 Å². The second kappa shape index (κ2) is 8.29. The molecule has 2 aromatic carbocycles. The molecule has 1 heterocycles. The Morgan fingerprint density at radius 3 is 2.44 bits per heavy atom. The first kappa shape index (κ1) is 17.0. The lowest BCUT2D eigenvalue weighted by Crippen LogP contribution is -2.29. The van der Waals surface area contributed by atoms with Crippen LogP contribution in [-0.4, -0.2) is 17.4 Å². The number of carbonyl (C=O) groups is 1. The monoisotopic (exact) mass is 334 g/mol. The van der Waals surface area contributed by atoms with Crippen molar-refractivity contribution in [3.8, 4) is 11.5 Å². The Labute approximate surface area is 147 Å². The van der Waals surface area contributed by atoms with Crippen molar-refractivity contribution in [2.24, 2.45) is 0 Å². The van der Waals surface area contributed by atoms with Crippen LogP contribution in [0.1, 0.15) is 30.5 Å². The van der Waals surface area contributed by atoms with Gasteiger partial charge in [0.25, 0.3) is 0 Å². The van der Waals surface area contributed by atoms with E-state index < -0.39 is 0 Å². The molecule has 0 aliphatic rings. The Balaban J connectivity index is 1.55. The lowest BCUT2D eigenvalue weighted by molar-refractivity contribution is -0.120. The summed E-state index contributed by atoms with van der Waals surface area (Å²) in [6.07, 6.45) is 2.75. The van der Waals surface area contributed by atoms with E-state index in [0.29, 0.717) is 24.0 Å². The van der Waals surface area contributed by atoms with Crippen molar-refractivity contribution in [2.75, 3.05) is 6.54 Å². The summed E-state index contributed by atoms with van der Waals surface area (Å²) in [5.41, 5.74) is 2.80. The number of nitrogens with one attached hydrogen (secondary N) is 1. The fraction of sp³-hybridized carbons (Fsp3) is 0.238. The molecule has 0 bridgehead atoms. The normalized spacial score (nSPS) is 11.9. The Morgan fingerprint density at radius 1 is 1.08 bits per heavy atom. The smallest absolute Gasteiger partial charge is 0.226 e. The van der Waals surface area contributed by atoms with E-state index in [1.165, 1.54) is 5.56 Å². The zero-order chi connectivity index (χ0) is 17.5. The Bertz CT molecular complexity index is 797. The van der Waals surface area contributed by atoms with Crippen LogP contribution in [0, 0.1) is 0 Å². The van der Waals surface area contributed by atoms with Crippen LogP contribution in [0.2, 0.25) is 0 Å². The molecule has 1 atom stereocenters. The third kappa shape index (κ3) is 4.57. The predicted molar refractivity (Wildman–Crippen MR) is 98.1 cm³/mol. The van der Waals surface area contributed by atoms with Crippen molar-refractivity contribution in [1.29, 1.82) is 0 Å². The first-order valence-corrected chi connectivity index (χ1v) is 8.57. The molecule has 1 aromatic heterocycles. The third-order valence-electron chi connectivity index (χ3n) is 4.22. The molecule has 0 saturated heterocycles. The molecule has 25 heavy (non-hydrogen) atoms. The molecule has 0 aliphatic heterocycles. The van der Waals surface area contributed by atoms with Crippen LogP contribution >= 0.6 is 0 Å². The number of oxazole rings is 1. The Morgan fingerprint density at radius 2 is 1.76 bits per heavy atom. The maximum atomic E-state index is 12.2. The Hall–Kier alpha value is -2.88. The first-order chi connectivity index (χ1) is 12.3. The van der Waals surface area contributed by atoms with Gasteiger partial charge in [0.2, 0.25) is 11.8 Å². The number of rotatable bonds is 7. The fourth-order valence-corrected chi connectivity index (χ4v) is 2.79. The summed E-state index contributed by atoms with van der Waals surface area (Å²) in [5, 5.41) is 3.01. The van der Waals surface area contributed by atoms with Gasteiger partial charge in [0.1, 0.15) is 6.26 Å². The summed E-state index contributed by atoms with van der Waals surface area (Å²) in [6, 6.07) is 19.9. The van der Waals surface area contributed by atoms with E-state index in [2.05, 4.69) is 29.4 Å². The quantitative estimate of drug-likeness (QED) is 0.705. The lowest BCUT2D eigenvalue weighted by Gasteiger charge is -2.15. The minimum atomic E-state index is -0.0395. The summed E-state index contributed by atoms with van der Waals surface area (Å²) in [4.78, 5) is 16.6. The largest absolute Gasteiger partial charge is 0.444 e. The van der Waals surface area contributed by atoms with Crippen LogP contribution < -0.4 is 5.32 Å². The van der Waals surface area contributed by atoms with Gasteiger partial charge in [-0.1, -0.05) is 55.5 Å². The van der Waals surface area contributed by atoms with E-state index in [9.17, 15) is 4.79 Å². The molecule has 1 unspecified atom stereocenters. The molecule has 0 aliphatic carbocycles. The molecule has 1 amide bonds. The molecule has 128 valence electrons. The summed E-state index contributed by atoms with van der Waals surface area (Å²) in [6.45, 7) is 2.76. The topological polar surface area (TPSA) is 55.1 Å². The number of carbonyl (C=O) groups excluding carboxylic acids is 1. The molecule has 0 radical (unpaired) electrons. The zero-order valence-corrected chi connectivity index (χ0v) is 14.3. The summed E-state index contributed by atoms with van der Waals surface area (Å²) < 4.78 is 5.48. The highest BCUT2D eigenvalue weighted by Gasteiger charge is 2.13. The zero-order valence-electron chi connectivity index (χ0n) is 14.3. The Kier molecular flexibility index (Phi) is 5.62. The van der Waals surface area contributed by atoms with Crippen molar-refractivity contribution in [3.63, 3.8) is 0 Å².